The summed E-state index contributed by atoms with van der Waals surface area (Å²) >= 11 is 0. The smallest absolute Gasteiger partial charge is 0.341 e. The minimum Gasteiger partial charge on any atom is -0.507 e. The molecule has 0 amide bonds. The number of allylic oxidation sites excluding steroid dienone is 2. The van der Waals surface area contributed by atoms with E-state index < -0.39 is 34.0 Å². The quantitative estimate of drug-likeness (QED) is 0.161. The lowest BCUT2D eigenvalue weighted by molar-refractivity contribution is -0.182. The van der Waals surface area contributed by atoms with Gasteiger partial charge in [0.05, 0.1) is 18.1 Å². The number of benzene rings is 2. The average molecular weight is 607 g/mol. The SMILES string of the molecule is COc1cc2c(=O)c3c(O)c4c(c(CC=C(C)C)c3oc2c2c1[C@@](C/C=C(\C)C(=O)O)(C(=O)O)OC2(C)C)OC(C)C4(C)C. The van der Waals surface area contributed by atoms with Crippen molar-refractivity contribution in [2.45, 2.75) is 91.0 Å². The number of aromatic hydroxyl groups is 1. The van der Waals surface area contributed by atoms with E-state index in [1.807, 2.05) is 40.7 Å². The van der Waals surface area contributed by atoms with Gasteiger partial charge in [-0.1, -0.05) is 31.6 Å². The number of carbonyl (C=O) groups is 2. The zero-order valence-electron chi connectivity index (χ0n) is 26.4. The third-order valence-corrected chi connectivity index (χ3v) is 9.10. The van der Waals surface area contributed by atoms with Crippen molar-refractivity contribution in [1.29, 1.82) is 0 Å². The van der Waals surface area contributed by atoms with Crippen molar-refractivity contribution in [3.8, 4) is 17.2 Å². The van der Waals surface area contributed by atoms with Gasteiger partial charge in [-0.15, -0.1) is 0 Å². The van der Waals surface area contributed by atoms with Crippen LogP contribution in [-0.4, -0.2) is 40.5 Å². The number of hydrogen-bond acceptors (Lipinski definition) is 8. The Morgan fingerprint density at radius 3 is 2.25 bits per heavy atom. The Morgan fingerprint density at radius 2 is 1.68 bits per heavy atom. The van der Waals surface area contributed by atoms with E-state index in [-0.39, 0.29) is 62.7 Å². The summed E-state index contributed by atoms with van der Waals surface area (Å²) in [5.74, 6) is -2.24. The number of carboxylic acids is 2. The van der Waals surface area contributed by atoms with Gasteiger partial charge in [0.15, 0.2) is 5.60 Å². The molecule has 3 heterocycles. The molecular formula is C34H38O10. The Kier molecular flexibility index (Phi) is 7.16. The van der Waals surface area contributed by atoms with Gasteiger partial charge in [-0.25, -0.2) is 9.59 Å². The molecule has 3 N–H and O–H groups in total. The molecule has 0 saturated carbocycles. The Bertz CT molecular complexity index is 1880. The molecule has 0 bridgehead atoms. The molecule has 0 spiro atoms. The standard InChI is InChI=1S/C34H38O10/c1-15(2)10-11-18-27-21(26(36)24-28(18)42-17(4)32(24,5)6)25(35)19-14-20(41-9)22-23(29(19)43-27)33(7,8)44-34(22,31(39)40)13-12-16(3)30(37)38/h10,12,14,17,36H,11,13H2,1-9H3,(H,37,38)(H,39,40)/b16-12+/t17?,34-/m0/s1. The molecule has 1 aromatic heterocycles. The van der Waals surface area contributed by atoms with Gasteiger partial charge in [0, 0.05) is 39.7 Å². The fourth-order valence-corrected chi connectivity index (χ4v) is 6.41. The minimum absolute atomic E-state index is 0.00224. The van der Waals surface area contributed by atoms with Gasteiger partial charge in [-0.2, -0.15) is 0 Å². The number of ether oxygens (including phenoxy) is 3. The molecule has 2 aliphatic rings. The molecule has 2 aromatic carbocycles. The van der Waals surface area contributed by atoms with Gasteiger partial charge in [-0.3, -0.25) is 4.79 Å². The summed E-state index contributed by atoms with van der Waals surface area (Å²) in [5, 5.41) is 31.8. The van der Waals surface area contributed by atoms with E-state index in [0.717, 1.165) is 5.57 Å². The van der Waals surface area contributed by atoms with E-state index in [0.29, 0.717) is 23.3 Å². The van der Waals surface area contributed by atoms with Crippen LogP contribution in [0.5, 0.6) is 17.2 Å². The van der Waals surface area contributed by atoms with Crippen molar-refractivity contribution in [3.63, 3.8) is 0 Å². The van der Waals surface area contributed by atoms with Crippen LogP contribution in [0.1, 0.15) is 84.1 Å². The van der Waals surface area contributed by atoms with E-state index in [2.05, 4.69) is 0 Å². The molecule has 0 aliphatic carbocycles. The van der Waals surface area contributed by atoms with Crippen LogP contribution >= 0.6 is 0 Å². The zero-order valence-corrected chi connectivity index (χ0v) is 26.4. The molecule has 5 rings (SSSR count). The van der Waals surface area contributed by atoms with E-state index in [9.17, 15) is 29.7 Å². The average Bonchev–Trinajstić information content (AvgIpc) is 3.32. The van der Waals surface area contributed by atoms with Gasteiger partial charge >= 0.3 is 11.9 Å². The second kappa shape index (κ2) is 10.1. The summed E-state index contributed by atoms with van der Waals surface area (Å²) in [5.41, 5.74) is -1.73. The van der Waals surface area contributed by atoms with Crippen molar-refractivity contribution in [2.24, 2.45) is 0 Å². The molecule has 44 heavy (non-hydrogen) atoms. The number of aliphatic carboxylic acids is 2. The highest BCUT2D eigenvalue weighted by Crippen LogP contribution is 2.57. The van der Waals surface area contributed by atoms with Crippen molar-refractivity contribution in [3.05, 3.63) is 61.8 Å². The second-order valence-electron chi connectivity index (χ2n) is 13.0. The zero-order chi connectivity index (χ0) is 32.7. The lowest BCUT2D eigenvalue weighted by Gasteiger charge is -2.28. The van der Waals surface area contributed by atoms with Crippen molar-refractivity contribution < 1.29 is 43.5 Å². The molecule has 3 aromatic rings. The fourth-order valence-electron chi connectivity index (χ4n) is 6.41. The van der Waals surface area contributed by atoms with Crippen molar-refractivity contribution in [2.75, 3.05) is 7.11 Å². The monoisotopic (exact) mass is 606 g/mol. The molecule has 0 radical (unpaired) electrons. The predicted octanol–water partition coefficient (Wildman–Crippen LogP) is 6.19. The molecule has 0 fully saturated rings. The second-order valence-corrected chi connectivity index (χ2v) is 13.0. The molecule has 2 aliphatic heterocycles. The summed E-state index contributed by atoms with van der Waals surface area (Å²) in [6.07, 6.45) is 3.01. The molecule has 0 saturated heterocycles. The van der Waals surface area contributed by atoms with Crippen LogP contribution in [0.4, 0.5) is 0 Å². The van der Waals surface area contributed by atoms with Crippen LogP contribution in [0.3, 0.4) is 0 Å². The molecular weight excluding hydrogens is 568 g/mol. The summed E-state index contributed by atoms with van der Waals surface area (Å²) in [7, 11) is 1.35. The van der Waals surface area contributed by atoms with Crippen LogP contribution in [0, 0.1) is 0 Å². The molecule has 2 atom stereocenters. The largest absolute Gasteiger partial charge is 0.507 e. The molecule has 1 unspecified atom stereocenters. The third-order valence-electron chi connectivity index (χ3n) is 9.10. The number of phenolic OH excluding ortho intramolecular Hbond substituents is 1. The van der Waals surface area contributed by atoms with Crippen LogP contribution in [-0.2, 0) is 37.4 Å². The van der Waals surface area contributed by atoms with E-state index in [4.69, 9.17) is 18.6 Å². The Morgan fingerprint density at radius 1 is 1.02 bits per heavy atom. The van der Waals surface area contributed by atoms with Crippen molar-refractivity contribution in [1.82, 2.24) is 0 Å². The molecule has 234 valence electrons. The number of rotatable bonds is 7. The number of carboxylic acid groups (broad SMARTS) is 2. The normalized spacial score (nSPS) is 21.6. The highest BCUT2D eigenvalue weighted by Gasteiger charge is 2.57. The lowest BCUT2D eigenvalue weighted by Crippen LogP contribution is -2.37. The summed E-state index contributed by atoms with van der Waals surface area (Å²) in [6, 6.07) is 1.41. The Labute approximate surface area is 254 Å². The van der Waals surface area contributed by atoms with Gasteiger partial charge in [0.2, 0.25) is 5.43 Å². The number of fused-ring (bicyclic) bond motifs is 5. The Balaban J connectivity index is 1.98. The van der Waals surface area contributed by atoms with E-state index in [1.165, 1.54) is 26.2 Å². The number of hydrogen-bond donors (Lipinski definition) is 3. The summed E-state index contributed by atoms with van der Waals surface area (Å²) in [4.78, 5) is 38.9. The van der Waals surface area contributed by atoms with Crippen LogP contribution in [0.15, 0.2) is 38.6 Å². The lowest BCUT2D eigenvalue weighted by atomic mass is 9.79. The first-order valence-electron chi connectivity index (χ1n) is 14.4. The number of methoxy groups -OCH3 is 1. The predicted molar refractivity (Wildman–Crippen MR) is 164 cm³/mol. The maximum atomic E-state index is 14.4. The van der Waals surface area contributed by atoms with Crippen LogP contribution in [0.25, 0.3) is 21.9 Å². The summed E-state index contributed by atoms with van der Waals surface area (Å²) in [6.45, 7) is 14.4. The van der Waals surface area contributed by atoms with Gasteiger partial charge in [0.25, 0.3) is 0 Å². The van der Waals surface area contributed by atoms with Crippen molar-refractivity contribution >= 4 is 33.9 Å². The van der Waals surface area contributed by atoms with E-state index >= 15 is 0 Å². The summed E-state index contributed by atoms with van der Waals surface area (Å²) < 4.78 is 24.9. The van der Waals surface area contributed by atoms with Crippen LogP contribution < -0.4 is 14.9 Å². The maximum absolute atomic E-state index is 14.4. The first-order valence-corrected chi connectivity index (χ1v) is 14.4. The first kappa shape index (κ1) is 31.1. The van der Waals surface area contributed by atoms with Crippen LogP contribution in [0.2, 0.25) is 0 Å². The topological polar surface area (TPSA) is 153 Å². The minimum atomic E-state index is -2.05. The number of phenols is 1. The van der Waals surface area contributed by atoms with Gasteiger partial charge in [0.1, 0.15) is 39.9 Å². The molecule has 10 nitrogen and oxygen atoms in total. The Hall–Kier alpha value is -4.31. The van der Waals surface area contributed by atoms with E-state index in [1.54, 1.807) is 13.8 Å². The maximum Gasteiger partial charge on any atom is 0.341 e. The molecule has 10 heteroatoms. The highest BCUT2D eigenvalue weighted by atomic mass is 16.6. The third kappa shape index (κ3) is 4.29. The first-order chi connectivity index (χ1) is 20.4. The van der Waals surface area contributed by atoms with Gasteiger partial charge < -0.3 is 33.9 Å². The highest BCUT2D eigenvalue weighted by molar-refractivity contribution is 6.01. The fraction of sp³-hybridized carbons (Fsp3) is 0.441. The van der Waals surface area contributed by atoms with Gasteiger partial charge in [-0.05, 0) is 54.0 Å².